The lowest BCUT2D eigenvalue weighted by atomic mass is 9.83. The molecule has 0 aromatic rings. The van der Waals surface area contributed by atoms with Gasteiger partial charge in [-0.25, -0.2) is 0 Å². The SMILES string of the molecule is CNC(CN1CCOCC1=O)C1CCCCC1. The van der Waals surface area contributed by atoms with Gasteiger partial charge in [-0.05, 0) is 25.8 Å². The largest absolute Gasteiger partial charge is 0.370 e. The molecule has 1 saturated carbocycles. The number of carbonyl (C=O) groups excluding carboxylic acids is 1. The average molecular weight is 240 g/mol. The third-order valence-corrected chi connectivity index (χ3v) is 4.09. The van der Waals surface area contributed by atoms with Gasteiger partial charge in [-0.15, -0.1) is 0 Å². The molecule has 0 radical (unpaired) electrons. The van der Waals surface area contributed by atoms with Gasteiger partial charge in [-0.1, -0.05) is 19.3 Å². The van der Waals surface area contributed by atoms with Gasteiger partial charge in [0, 0.05) is 19.1 Å². The molecule has 1 heterocycles. The molecule has 0 bridgehead atoms. The quantitative estimate of drug-likeness (QED) is 0.797. The highest BCUT2D eigenvalue weighted by molar-refractivity contribution is 5.78. The molecule has 1 amide bonds. The van der Waals surface area contributed by atoms with Gasteiger partial charge in [0.25, 0.3) is 0 Å². The van der Waals surface area contributed by atoms with Gasteiger partial charge in [-0.2, -0.15) is 0 Å². The number of morpholine rings is 1. The van der Waals surface area contributed by atoms with E-state index in [1.807, 2.05) is 11.9 Å². The van der Waals surface area contributed by atoms with Crippen LogP contribution in [-0.2, 0) is 9.53 Å². The first-order valence-corrected chi connectivity index (χ1v) is 6.84. The third kappa shape index (κ3) is 3.42. The number of rotatable bonds is 4. The summed E-state index contributed by atoms with van der Waals surface area (Å²) in [6.07, 6.45) is 6.69. The fourth-order valence-electron chi connectivity index (χ4n) is 2.99. The zero-order valence-corrected chi connectivity index (χ0v) is 10.8. The molecule has 4 nitrogen and oxygen atoms in total. The summed E-state index contributed by atoms with van der Waals surface area (Å²) in [6.45, 7) is 2.56. The van der Waals surface area contributed by atoms with Gasteiger partial charge in [-0.3, -0.25) is 4.79 Å². The van der Waals surface area contributed by atoms with Crippen LogP contribution in [0.2, 0.25) is 0 Å². The minimum Gasteiger partial charge on any atom is -0.370 e. The van der Waals surface area contributed by atoms with Crippen molar-refractivity contribution < 1.29 is 9.53 Å². The predicted molar refractivity (Wildman–Crippen MR) is 66.8 cm³/mol. The van der Waals surface area contributed by atoms with E-state index in [-0.39, 0.29) is 12.5 Å². The minimum atomic E-state index is 0.146. The fraction of sp³-hybridized carbons (Fsp3) is 0.923. The zero-order chi connectivity index (χ0) is 12.1. The van der Waals surface area contributed by atoms with Crippen molar-refractivity contribution in [3.05, 3.63) is 0 Å². The van der Waals surface area contributed by atoms with Crippen molar-refractivity contribution in [2.75, 3.05) is 33.4 Å². The maximum atomic E-state index is 11.7. The van der Waals surface area contributed by atoms with Crippen molar-refractivity contribution in [3.63, 3.8) is 0 Å². The monoisotopic (exact) mass is 240 g/mol. The van der Waals surface area contributed by atoms with E-state index in [4.69, 9.17) is 4.74 Å². The van der Waals surface area contributed by atoms with E-state index < -0.39 is 0 Å². The summed E-state index contributed by atoms with van der Waals surface area (Å²) in [5.74, 6) is 0.886. The minimum absolute atomic E-state index is 0.146. The Morgan fingerprint density at radius 3 is 2.82 bits per heavy atom. The average Bonchev–Trinajstić information content (AvgIpc) is 2.39. The summed E-state index contributed by atoms with van der Waals surface area (Å²) in [5.41, 5.74) is 0. The summed E-state index contributed by atoms with van der Waals surface area (Å²) < 4.78 is 5.16. The second-order valence-electron chi connectivity index (χ2n) is 5.19. The highest BCUT2D eigenvalue weighted by atomic mass is 16.5. The Bertz CT molecular complexity index is 252. The lowest BCUT2D eigenvalue weighted by Crippen LogP contribution is -2.50. The topological polar surface area (TPSA) is 41.6 Å². The second-order valence-corrected chi connectivity index (χ2v) is 5.19. The molecule has 1 aliphatic carbocycles. The number of nitrogens with zero attached hydrogens (tertiary/aromatic N) is 1. The van der Waals surface area contributed by atoms with Crippen LogP contribution in [0.4, 0.5) is 0 Å². The summed E-state index contributed by atoms with van der Waals surface area (Å²) >= 11 is 0. The van der Waals surface area contributed by atoms with Gasteiger partial charge in [0.1, 0.15) is 6.61 Å². The summed E-state index contributed by atoms with van der Waals surface area (Å²) in [4.78, 5) is 13.7. The summed E-state index contributed by atoms with van der Waals surface area (Å²) in [5, 5.41) is 3.40. The summed E-state index contributed by atoms with van der Waals surface area (Å²) in [6, 6.07) is 0.456. The van der Waals surface area contributed by atoms with Crippen molar-refractivity contribution in [3.8, 4) is 0 Å². The van der Waals surface area contributed by atoms with Gasteiger partial charge in [0.15, 0.2) is 0 Å². The van der Waals surface area contributed by atoms with Gasteiger partial charge in [0.05, 0.1) is 6.61 Å². The highest BCUT2D eigenvalue weighted by Gasteiger charge is 2.27. The van der Waals surface area contributed by atoms with Crippen LogP contribution in [0.5, 0.6) is 0 Å². The Labute approximate surface area is 104 Å². The predicted octanol–water partition coefficient (Wildman–Crippen LogP) is 1.01. The molecule has 0 aromatic heterocycles. The van der Waals surface area contributed by atoms with Crippen LogP contribution in [-0.4, -0.2) is 50.2 Å². The molecule has 0 aromatic carbocycles. The molecule has 2 rings (SSSR count). The fourth-order valence-corrected chi connectivity index (χ4v) is 2.99. The molecule has 0 spiro atoms. The Balaban J connectivity index is 1.86. The number of amides is 1. The van der Waals surface area contributed by atoms with E-state index in [2.05, 4.69) is 5.32 Å². The van der Waals surface area contributed by atoms with Crippen LogP contribution in [0.1, 0.15) is 32.1 Å². The molecule has 2 aliphatic rings. The molecule has 1 unspecified atom stereocenters. The first kappa shape index (κ1) is 12.8. The Kier molecular flexibility index (Phi) is 4.80. The van der Waals surface area contributed by atoms with E-state index in [1.54, 1.807) is 0 Å². The Morgan fingerprint density at radius 1 is 1.41 bits per heavy atom. The molecule has 1 aliphatic heterocycles. The van der Waals surface area contributed by atoms with Crippen molar-refractivity contribution in [1.82, 2.24) is 10.2 Å². The van der Waals surface area contributed by atoms with Crippen LogP contribution in [0.25, 0.3) is 0 Å². The Morgan fingerprint density at radius 2 is 2.18 bits per heavy atom. The molecule has 1 saturated heterocycles. The van der Waals surface area contributed by atoms with Crippen LogP contribution < -0.4 is 5.32 Å². The van der Waals surface area contributed by atoms with Crippen molar-refractivity contribution in [2.24, 2.45) is 5.92 Å². The lowest BCUT2D eigenvalue weighted by Gasteiger charge is -2.35. The van der Waals surface area contributed by atoms with E-state index in [0.29, 0.717) is 12.6 Å². The maximum absolute atomic E-state index is 11.7. The molecular formula is C13H24N2O2. The molecule has 1 N–H and O–H groups in total. The molecule has 4 heteroatoms. The van der Waals surface area contributed by atoms with E-state index >= 15 is 0 Å². The van der Waals surface area contributed by atoms with Crippen molar-refractivity contribution in [1.29, 1.82) is 0 Å². The maximum Gasteiger partial charge on any atom is 0.248 e. The Hall–Kier alpha value is -0.610. The number of likely N-dealkylation sites (N-methyl/N-ethyl adjacent to an activating group) is 1. The lowest BCUT2D eigenvalue weighted by molar-refractivity contribution is -0.143. The first-order chi connectivity index (χ1) is 8.31. The number of hydrogen-bond acceptors (Lipinski definition) is 3. The number of carbonyl (C=O) groups is 1. The van der Waals surface area contributed by atoms with Gasteiger partial charge in [0.2, 0.25) is 5.91 Å². The van der Waals surface area contributed by atoms with Crippen molar-refractivity contribution >= 4 is 5.91 Å². The highest BCUT2D eigenvalue weighted by Crippen LogP contribution is 2.26. The van der Waals surface area contributed by atoms with E-state index in [0.717, 1.165) is 19.0 Å². The normalized spacial score (nSPS) is 25.0. The first-order valence-electron chi connectivity index (χ1n) is 6.84. The summed E-state index contributed by atoms with van der Waals surface area (Å²) in [7, 11) is 2.02. The molecular weight excluding hydrogens is 216 g/mol. The molecule has 1 atom stereocenters. The zero-order valence-electron chi connectivity index (χ0n) is 10.8. The smallest absolute Gasteiger partial charge is 0.248 e. The number of ether oxygens (including phenoxy) is 1. The van der Waals surface area contributed by atoms with Gasteiger partial charge >= 0.3 is 0 Å². The molecule has 17 heavy (non-hydrogen) atoms. The molecule has 98 valence electrons. The van der Waals surface area contributed by atoms with Crippen LogP contribution >= 0.6 is 0 Å². The third-order valence-electron chi connectivity index (χ3n) is 4.09. The second kappa shape index (κ2) is 6.36. The van der Waals surface area contributed by atoms with E-state index in [1.165, 1.54) is 32.1 Å². The number of hydrogen-bond donors (Lipinski definition) is 1. The number of nitrogens with one attached hydrogen (secondary N) is 1. The van der Waals surface area contributed by atoms with E-state index in [9.17, 15) is 4.79 Å². The van der Waals surface area contributed by atoms with Gasteiger partial charge < -0.3 is 15.0 Å². The van der Waals surface area contributed by atoms with Crippen LogP contribution in [0.15, 0.2) is 0 Å². The van der Waals surface area contributed by atoms with Crippen molar-refractivity contribution in [2.45, 2.75) is 38.1 Å². The van der Waals surface area contributed by atoms with Crippen LogP contribution in [0, 0.1) is 5.92 Å². The molecule has 2 fully saturated rings. The standard InChI is InChI=1S/C13H24N2O2/c1-14-12(11-5-3-2-4-6-11)9-15-7-8-17-10-13(15)16/h11-12,14H,2-10H2,1H3. The van der Waals surface area contributed by atoms with Crippen LogP contribution in [0.3, 0.4) is 0 Å².